The fourth-order valence-electron chi connectivity index (χ4n) is 1.19. The van der Waals surface area contributed by atoms with Gasteiger partial charge >= 0.3 is 0 Å². The van der Waals surface area contributed by atoms with E-state index in [0.717, 1.165) is 0 Å². The minimum Gasteiger partial charge on any atom is -0.419 e. The number of halogens is 2. The topological polar surface area (TPSA) is 64.9 Å². The van der Waals surface area contributed by atoms with Gasteiger partial charge in [0.1, 0.15) is 5.82 Å². The maximum atomic E-state index is 13.1. The smallest absolute Gasteiger partial charge is 0.249 e. The molecule has 2 N–H and O–H groups in total. The summed E-state index contributed by atoms with van der Waals surface area (Å²) >= 11 is 3.29. The van der Waals surface area contributed by atoms with Crippen LogP contribution >= 0.6 is 15.9 Å². The van der Waals surface area contributed by atoms with Gasteiger partial charge in [-0.3, -0.25) is 0 Å². The Kier molecular flexibility index (Phi) is 3.02. The lowest BCUT2D eigenvalue weighted by molar-refractivity contribution is 0.473. The fourth-order valence-corrected chi connectivity index (χ4v) is 1.61. The van der Waals surface area contributed by atoms with Gasteiger partial charge in [-0.1, -0.05) is 0 Å². The molecule has 0 saturated carbocycles. The van der Waals surface area contributed by atoms with Crippen LogP contribution in [-0.2, 0) is 0 Å². The molecule has 1 atom stereocenters. The van der Waals surface area contributed by atoms with E-state index in [1.807, 2.05) is 0 Å². The first-order chi connectivity index (χ1) is 7.58. The van der Waals surface area contributed by atoms with Crippen LogP contribution in [0.1, 0.15) is 18.9 Å². The minimum atomic E-state index is -0.362. The first-order valence-electron chi connectivity index (χ1n) is 4.62. The Morgan fingerprint density at radius 2 is 2.19 bits per heavy atom. The normalized spacial score (nSPS) is 12.8. The molecule has 4 nitrogen and oxygen atoms in total. The van der Waals surface area contributed by atoms with Gasteiger partial charge in [0.15, 0.2) is 0 Å². The molecule has 1 aromatic carbocycles. The van der Waals surface area contributed by atoms with E-state index in [1.54, 1.807) is 13.0 Å². The molecule has 0 bridgehead atoms. The van der Waals surface area contributed by atoms with Crippen LogP contribution in [0, 0.1) is 5.82 Å². The van der Waals surface area contributed by atoms with Crippen LogP contribution in [0.4, 0.5) is 4.39 Å². The first-order valence-corrected chi connectivity index (χ1v) is 5.41. The van der Waals surface area contributed by atoms with Crippen molar-refractivity contribution in [2.45, 2.75) is 13.0 Å². The molecule has 1 heterocycles. The third-order valence-electron chi connectivity index (χ3n) is 1.99. The van der Waals surface area contributed by atoms with Gasteiger partial charge in [0, 0.05) is 4.47 Å². The van der Waals surface area contributed by atoms with Crippen LogP contribution in [0.25, 0.3) is 11.5 Å². The van der Waals surface area contributed by atoms with Gasteiger partial charge in [-0.25, -0.2) is 4.39 Å². The van der Waals surface area contributed by atoms with Crippen molar-refractivity contribution in [1.82, 2.24) is 10.2 Å². The van der Waals surface area contributed by atoms with E-state index in [0.29, 0.717) is 15.9 Å². The van der Waals surface area contributed by atoms with Crippen molar-refractivity contribution >= 4 is 15.9 Å². The van der Waals surface area contributed by atoms with Gasteiger partial charge in [-0.05, 0) is 41.1 Å². The number of hydrogen-bond donors (Lipinski definition) is 1. The van der Waals surface area contributed by atoms with E-state index in [9.17, 15) is 4.39 Å². The van der Waals surface area contributed by atoms with Crippen molar-refractivity contribution in [2.24, 2.45) is 5.73 Å². The summed E-state index contributed by atoms with van der Waals surface area (Å²) in [5.41, 5.74) is 6.10. The van der Waals surface area contributed by atoms with E-state index in [-0.39, 0.29) is 17.7 Å². The summed E-state index contributed by atoms with van der Waals surface area (Å²) in [6, 6.07) is 3.91. The second kappa shape index (κ2) is 4.31. The Balaban J connectivity index is 2.46. The standard InChI is InChI=1S/C10H9BrFN3O/c1-5(13)9-14-15-10(16-9)7-4-6(12)2-3-8(7)11/h2-5H,13H2,1H3. The highest BCUT2D eigenvalue weighted by atomic mass is 79.9. The SMILES string of the molecule is CC(N)c1nnc(-c2cc(F)ccc2Br)o1. The molecule has 1 unspecified atom stereocenters. The molecule has 2 aromatic rings. The molecule has 6 heteroatoms. The second-order valence-electron chi connectivity index (χ2n) is 3.36. The number of benzene rings is 1. The van der Waals surface area contributed by atoms with Gasteiger partial charge in [0.25, 0.3) is 0 Å². The van der Waals surface area contributed by atoms with Crippen LogP contribution in [-0.4, -0.2) is 10.2 Å². The molecule has 0 spiro atoms. The highest BCUT2D eigenvalue weighted by Crippen LogP contribution is 2.28. The average molecular weight is 286 g/mol. The molecule has 16 heavy (non-hydrogen) atoms. The lowest BCUT2D eigenvalue weighted by Gasteiger charge is -1.99. The largest absolute Gasteiger partial charge is 0.419 e. The molecule has 2 rings (SSSR count). The van der Waals surface area contributed by atoms with Crippen molar-refractivity contribution in [2.75, 3.05) is 0 Å². The van der Waals surface area contributed by atoms with Crippen molar-refractivity contribution in [3.63, 3.8) is 0 Å². The fraction of sp³-hybridized carbons (Fsp3) is 0.200. The molecular weight excluding hydrogens is 277 g/mol. The molecule has 0 aliphatic carbocycles. The van der Waals surface area contributed by atoms with Crippen LogP contribution in [0.2, 0.25) is 0 Å². The van der Waals surface area contributed by atoms with Gasteiger partial charge in [0.2, 0.25) is 11.8 Å². The molecule has 0 radical (unpaired) electrons. The molecule has 0 aliphatic rings. The number of hydrogen-bond acceptors (Lipinski definition) is 4. The van der Waals surface area contributed by atoms with E-state index in [2.05, 4.69) is 26.1 Å². The lowest BCUT2D eigenvalue weighted by Crippen LogP contribution is -2.04. The van der Waals surface area contributed by atoms with Crippen molar-refractivity contribution in [3.05, 3.63) is 34.4 Å². The highest BCUT2D eigenvalue weighted by molar-refractivity contribution is 9.10. The molecule has 1 aromatic heterocycles. The Labute approximate surface area is 99.8 Å². The summed E-state index contributed by atoms with van der Waals surface area (Å²) in [5.74, 6) is 0.212. The maximum Gasteiger partial charge on any atom is 0.249 e. The maximum absolute atomic E-state index is 13.1. The van der Waals surface area contributed by atoms with Crippen LogP contribution < -0.4 is 5.73 Å². The predicted molar refractivity (Wildman–Crippen MR) is 60.0 cm³/mol. The zero-order valence-corrected chi connectivity index (χ0v) is 10.0. The molecule has 84 valence electrons. The summed E-state index contributed by atoms with van der Waals surface area (Å²) in [7, 11) is 0. The molecule has 0 amide bonds. The first kappa shape index (κ1) is 11.2. The quantitative estimate of drug-likeness (QED) is 0.921. The van der Waals surface area contributed by atoms with Crippen LogP contribution in [0.15, 0.2) is 27.1 Å². The van der Waals surface area contributed by atoms with Crippen LogP contribution in [0.5, 0.6) is 0 Å². The summed E-state index contributed by atoms with van der Waals surface area (Å²) in [4.78, 5) is 0. The Hall–Kier alpha value is -1.27. The van der Waals surface area contributed by atoms with E-state index >= 15 is 0 Å². The number of aromatic nitrogens is 2. The second-order valence-corrected chi connectivity index (χ2v) is 4.21. The van der Waals surface area contributed by atoms with Crippen LogP contribution in [0.3, 0.4) is 0 Å². The Bertz CT molecular complexity index is 513. The molecule has 0 fully saturated rings. The average Bonchev–Trinajstić information content (AvgIpc) is 2.70. The van der Waals surface area contributed by atoms with Gasteiger partial charge in [-0.15, -0.1) is 10.2 Å². The van der Waals surface area contributed by atoms with Gasteiger partial charge < -0.3 is 10.2 Å². The van der Waals surface area contributed by atoms with Crippen molar-refractivity contribution in [3.8, 4) is 11.5 Å². The number of nitrogens with zero attached hydrogens (tertiary/aromatic N) is 2. The van der Waals surface area contributed by atoms with E-state index in [4.69, 9.17) is 10.2 Å². The zero-order valence-electron chi connectivity index (χ0n) is 8.45. The lowest BCUT2D eigenvalue weighted by atomic mass is 10.2. The van der Waals surface area contributed by atoms with Gasteiger partial charge in [0.05, 0.1) is 11.6 Å². The summed E-state index contributed by atoms with van der Waals surface area (Å²) in [6.07, 6.45) is 0. The van der Waals surface area contributed by atoms with E-state index < -0.39 is 0 Å². The molecular formula is C10H9BrFN3O. The van der Waals surface area contributed by atoms with Crippen molar-refractivity contribution in [1.29, 1.82) is 0 Å². The van der Waals surface area contributed by atoms with Crippen molar-refractivity contribution < 1.29 is 8.81 Å². The monoisotopic (exact) mass is 285 g/mol. The third-order valence-corrected chi connectivity index (χ3v) is 2.68. The summed E-state index contributed by atoms with van der Waals surface area (Å²) in [5, 5.41) is 7.59. The van der Waals surface area contributed by atoms with Gasteiger partial charge in [-0.2, -0.15) is 0 Å². The summed E-state index contributed by atoms with van der Waals surface area (Å²) in [6.45, 7) is 1.73. The number of nitrogens with two attached hydrogens (primary N) is 1. The Morgan fingerprint density at radius 3 is 2.81 bits per heavy atom. The molecule has 0 saturated heterocycles. The molecule has 0 aliphatic heterocycles. The third kappa shape index (κ3) is 2.12. The summed E-state index contributed by atoms with van der Waals surface area (Å²) < 4.78 is 19.1. The minimum absolute atomic E-state index is 0.249. The Morgan fingerprint density at radius 1 is 1.44 bits per heavy atom. The zero-order chi connectivity index (χ0) is 11.7. The predicted octanol–water partition coefficient (Wildman–Crippen LogP) is 2.66. The van der Waals surface area contributed by atoms with E-state index in [1.165, 1.54) is 12.1 Å². The number of rotatable bonds is 2. The highest BCUT2D eigenvalue weighted by Gasteiger charge is 2.14.